The number of carbonyl (C=O) groups is 1. The fraction of sp³-hybridized carbons (Fsp3) is 0.455. The van der Waals surface area contributed by atoms with Crippen LogP contribution in [0.2, 0.25) is 5.02 Å². The molecule has 30 heavy (non-hydrogen) atoms. The van der Waals surface area contributed by atoms with E-state index in [0.29, 0.717) is 30.2 Å². The van der Waals surface area contributed by atoms with E-state index in [1.807, 2.05) is 26.8 Å². The number of hydrogen-bond donors (Lipinski definition) is 3. The van der Waals surface area contributed by atoms with Gasteiger partial charge in [0.25, 0.3) is 5.56 Å². The lowest BCUT2D eigenvalue weighted by Crippen LogP contribution is -2.69. The topological polar surface area (TPSA) is 94.8 Å². The van der Waals surface area contributed by atoms with E-state index in [1.165, 1.54) is 9.47 Å². The first-order valence-corrected chi connectivity index (χ1v) is 10.3. The molecule has 3 N–H and O–H groups in total. The van der Waals surface area contributed by atoms with Crippen molar-refractivity contribution in [3.05, 3.63) is 63.0 Å². The zero-order valence-electron chi connectivity index (χ0n) is 17.5. The quantitative estimate of drug-likeness (QED) is 0.688. The van der Waals surface area contributed by atoms with Gasteiger partial charge in [0, 0.05) is 42.8 Å². The molecule has 1 fully saturated rings. The number of pyridine rings is 1. The summed E-state index contributed by atoms with van der Waals surface area (Å²) >= 11 is 6.02. The van der Waals surface area contributed by atoms with E-state index in [2.05, 4.69) is 5.32 Å². The Kier molecular flexibility index (Phi) is 6.15. The van der Waals surface area contributed by atoms with Crippen LogP contribution in [-0.4, -0.2) is 50.9 Å². The highest BCUT2D eigenvalue weighted by Gasteiger charge is 2.50. The summed E-state index contributed by atoms with van der Waals surface area (Å²) in [5.41, 5.74) is -0.466. The highest BCUT2D eigenvalue weighted by molar-refractivity contribution is 6.30. The van der Waals surface area contributed by atoms with Crippen molar-refractivity contribution in [3.8, 4) is 5.75 Å². The van der Waals surface area contributed by atoms with Gasteiger partial charge in [-0.15, -0.1) is 0 Å². The highest BCUT2D eigenvalue weighted by atomic mass is 35.5. The molecule has 1 aromatic carbocycles. The van der Waals surface area contributed by atoms with Gasteiger partial charge < -0.3 is 20.1 Å². The SMILES string of the molecule is CC(C)(C)C1(Cc2ccn(Cc3cccc(Cl)c3)c(=O)c2O)CNCCN1C(=O)O. The Morgan fingerprint density at radius 1 is 1.30 bits per heavy atom. The fourth-order valence-electron chi connectivity index (χ4n) is 4.18. The number of amides is 1. The Bertz CT molecular complexity index is 999. The molecule has 1 saturated heterocycles. The monoisotopic (exact) mass is 433 g/mol. The molecule has 1 amide bonds. The molecule has 0 aliphatic carbocycles. The first kappa shape index (κ1) is 22.2. The second-order valence-corrected chi connectivity index (χ2v) is 9.26. The van der Waals surface area contributed by atoms with Crippen molar-refractivity contribution in [2.24, 2.45) is 5.41 Å². The summed E-state index contributed by atoms with van der Waals surface area (Å²) in [5.74, 6) is -0.348. The van der Waals surface area contributed by atoms with Gasteiger partial charge in [0.1, 0.15) is 0 Å². The molecule has 1 aliphatic rings. The molecule has 1 unspecified atom stereocenters. The third-order valence-electron chi connectivity index (χ3n) is 6.02. The first-order chi connectivity index (χ1) is 14.0. The molecular weight excluding hydrogens is 406 g/mol. The predicted octanol–water partition coefficient (Wildman–Crippen LogP) is 3.17. The molecule has 0 spiro atoms. The zero-order valence-corrected chi connectivity index (χ0v) is 18.2. The van der Waals surface area contributed by atoms with Crippen molar-refractivity contribution < 1.29 is 15.0 Å². The lowest BCUT2D eigenvalue weighted by Gasteiger charge is -2.54. The second-order valence-electron chi connectivity index (χ2n) is 8.82. The molecule has 8 heteroatoms. The standard InChI is InChI=1S/C22H28ClN3O4/c1-21(2,3)22(14-24-8-10-26(22)20(29)30)12-16-7-9-25(19(28)18(16)27)13-15-5-4-6-17(23)11-15/h4-7,9,11,24,27H,8,10,12-14H2,1-3H3,(H,29,30). The number of rotatable bonds is 4. The molecule has 2 aromatic rings. The minimum atomic E-state index is -1.000. The summed E-state index contributed by atoms with van der Waals surface area (Å²) < 4.78 is 1.42. The first-order valence-electron chi connectivity index (χ1n) is 9.92. The average Bonchev–Trinajstić information content (AvgIpc) is 2.67. The third-order valence-corrected chi connectivity index (χ3v) is 6.26. The molecule has 0 bridgehead atoms. The Labute approximate surface area is 180 Å². The minimum absolute atomic E-state index is 0.231. The Hall–Kier alpha value is -2.51. The second kappa shape index (κ2) is 8.32. The summed E-state index contributed by atoms with van der Waals surface area (Å²) in [6, 6.07) is 8.89. The van der Waals surface area contributed by atoms with E-state index in [1.54, 1.807) is 30.5 Å². The number of carboxylic acid groups (broad SMARTS) is 1. The van der Waals surface area contributed by atoms with E-state index in [-0.39, 0.29) is 18.7 Å². The van der Waals surface area contributed by atoms with Crippen LogP contribution in [-0.2, 0) is 13.0 Å². The maximum atomic E-state index is 12.8. The van der Waals surface area contributed by atoms with Crippen molar-refractivity contribution >= 4 is 17.7 Å². The van der Waals surface area contributed by atoms with Crippen LogP contribution in [0.25, 0.3) is 0 Å². The molecule has 162 valence electrons. The lowest BCUT2D eigenvalue weighted by atomic mass is 9.68. The van der Waals surface area contributed by atoms with E-state index in [0.717, 1.165) is 5.56 Å². The maximum absolute atomic E-state index is 12.8. The zero-order chi connectivity index (χ0) is 22.1. The van der Waals surface area contributed by atoms with Crippen LogP contribution in [0.4, 0.5) is 4.79 Å². The number of nitrogens with zero attached hydrogens (tertiary/aromatic N) is 2. The largest absolute Gasteiger partial charge is 0.503 e. The number of piperazine rings is 1. The highest BCUT2D eigenvalue weighted by Crippen LogP contribution is 2.40. The van der Waals surface area contributed by atoms with E-state index < -0.39 is 22.6 Å². The molecule has 0 radical (unpaired) electrons. The number of halogens is 1. The van der Waals surface area contributed by atoms with Gasteiger partial charge in [-0.2, -0.15) is 0 Å². The molecule has 3 rings (SSSR count). The molecule has 1 aromatic heterocycles. The van der Waals surface area contributed by atoms with Gasteiger partial charge >= 0.3 is 6.09 Å². The fourth-order valence-corrected chi connectivity index (χ4v) is 4.39. The van der Waals surface area contributed by atoms with Crippen LogP contribution in [0.1, 0.15) is 31.9 Å². The lowest BCUT2D eigenvalue weighted by molar-refractivity contribution is -0.0144. The number of benzene rings is 1. The Morgan fingerprint density at radius 3 is 2.67 bits per heavy atom. The van der Waals surface area contributed by atoms with Crippen LogP contribution < -0.4 is 10.9 Å². The predicted molar refractivity (Wildman–Crippen MR) is 116 cm³/mol. The summed E-state index contributed by atoms with van der Waals surface area (Å²) in [6.45, 7) is 7.57. The van der Waals surface area contributed by atoms with Gasteiger partial charge in [0.15, 0.2) is 5.75 Å². The molecule has 7 nitrogen and oxygen atoms in total. The smallest absolute Gasteiger partial charge is 0.407 e. The molecule has 1 aliphatic heterocycles. The normalized spacial score (nSPS) is 19.7. The van der Waals surface area contributed by atoms with E-state index in [4.69, 9.17) is 11.6 Å². The van der Waals surface area contributed by atoms with E-state index >= 15 is 0 Å². The van der Waals surface area contributed by atoms with Crippen LogP contribution in [0.15, 0.2) is 41.3 Å². The van der Waals surface area contributed by atoms with E-state index in [9.17, 15) is 19.8 Å². The van der Waals surface area contributed by atoms with Crippen LogP contribution in [0.3, 0.4) is 0 Å². The van der Waals surface area contributed by atoms with Gasteiger partial charge in [-0.3, -0.25) is 9.69 Å². The third kappa shape index (κ3) is 4.18. The summed E-state index contributed by atoms with van der Waals surface area (Å²) in [4.78, 5) is 26.3. The number of hydrogen-bond acceptors (Lipinski definition) is 4. The van der Waals surface area contributed by atoms with Crippen molar-refractivity contribution in [3.63, 3.8) is 0 Å². The van der Waals surface area contributed by atoms with Crippen molar-refractivity contribution in [2.45, 2.75) is 39.3 Å². The Balaban J connectivity index is 1.98. The van der Waals surface area contributed by atoms with Crippen molar-refractivity contribution in [1.82, 2.24) is 14.8 Å². The average molecular weight is 434 g/mol. The van der Waals surface area contributed by atoms with Gasteiger partial charge in [0.2, 0.25) is 0 Å². The summed E-state index contributed by atoms with van der Waals surface area (Å²) in [5, 5.41) is 24.4. The number of nitrogens with one attached hydrogen (secondary N) is 1. The van der Waals surface area contributed by atoms with Crippen molar-refractivity contribution in [1.29, 1.82) is 0 Å². The van der Waals surface area contributed by atoms with Crippen LogP contribution >= 0.6 is 11.6 Å². The van der Waals surface area contributed by atoms with Gasteiger partial charge in [-0.1, -0.05) is 44.5 Å². The summed E-state index contributed by atoms with van der Waals surface area (Å²) in [7, 11) is 0. The Morgan fingerprint density at radius 2 is 2.03 bits per heavy atom. The number of aromatic hydroxyl groups is 1. The molecule has 1 atom stereocenters. The van der Waals surface area contributed by atoms with Crippen LogP contribution in [0, 0.1) is 5.41 Å². The maximum Gasteiger partial charge on any atom is 0.407 e. The molecular formula is C22H28ClN3O4. The minimum Gasteiger partial charge on any atom is -0.503 e. The molecule has 0 saturated carbocycles. The number of aromatic nitrogens is 1. The van der Waals surface area contributed by atoms with Crippen LogP contribution in [0.5, 0.6) is 5.75 Å². The van der Waals surface area contributed by atoms with Crippen molar-refractivity contribution in [2.75, 3.05) is 19.6 Å². The van der Waals surface area contributed by atoms with Gasteiger partial charge in [0.05, 0.1) is 12.1 Å². The van der Waals surface area contributed by atoms with Gasteiger partial charge in [-0.05, 0) is 29.2 Å². The van der Waals surface area contributed by atoms with Gasteiger partial charge in [-0.25, -0.2) is 4.79 Å². The summed E-state index contributed by atoms with van der Waals surface area (Å²) in [6.07, 6.45) is 0.866. The molecule has 2 heterocycles.